The quantitative estimate of drug-likeness (QED) is 0.253. The molecule has 3 atom stereocenters. The largest absolute Gasteiger partial charge is 0.410 e. The summed E-state index contributed by atoms with van der Waals surface area (Å²) in [5.41, 5.74) is 0. The molecule has 0 saturated heterocycles. The van der Waals surface area contributed by atoms with Gasteiger partial charge in [0.05, 0.1) is 27.8 Å². The molecule has 0 fully saturated rings. The van der Waals surface area contributed by atoms with Crippen LogP contribution in [0.25, 0.3) is 0 Å². The van der Waals surface area contributed by atoms with E-state index >= 15 is 0 Å². The van der Waals surface area contributed by atoms with Crippen molar-refractivity contribution in [2.45, 2.75) is 57.5 Å². The van der Waals surface area contributed by atoms with E-state index in [4.69, 9.17) is 9.16 Å². The van der Waals surface area contributed by atoms with E-state index in [1.54, 1.807) is 0 Å². The molecule has 9 heteroatoms. The highest BCUT2D eigenvalue weighted by atomic mass is 31.1. The maximum atomic E-state index is 12.0. The standard InChI is InChI=1S/C14H29O7PSi/c1-14(2,3)23(6,7)21-11(8-10(15)9-22-17)12(18-4)13(16)20-19-5/h11-12H,8-9,22H2,1-7H3/t11-,12?/m1/s1. The highest BCUT2D eigenvalue weighted by molar-refractivity contribution is 7.25. The molecule has 0 spiro atoms. The fourth-order valence-corrected chi connectivity index (χ4v) is 3.37. The summed E-state index contributed by atoms with van der Waals surface area (Å²) in [7, 11) is -0.885. The average molecular weight is 368 g/mol. The van der Waals surface area contributed by atoms with E-state index in [1.165, 1.54) is 14.2 Å². The zero-order chi connectivity index (χ0) is 18.3. The van der Waals surface area contributed by atoms with E-state index in [0.717, 1.165) is 0 Å². The van der Waals surface area contributed by atoms with E-state index in [1.807, 2.05) is 13.1 Å². The molecule has 0 amide bonds. The summed E-state index contributed by atoms with van der Waals surface area (Å²) in [6.45, 7) is 10.2. The number of hydrogen-bond donors (Lipinski definition) is 0. The molecule has 0 aromatic carbocycles. The third kappa shape index (κ3) is 7.26. The van der Waals surface area contributed by atoms with Gasteiger partial charge in [-0.2, -0.15) is 4.89 Å². The second-order valence-corrected chi connectivity index (χ2v) is 12.3. The third-order valence-electron chi connectivity index (χ3n) is 3.98. The van der Waals surface area contributed by atoms with Crippen LogP contribution in [0, 0.1) is 0 Å². The van der Waals surface area contributed by atoms with Gasteiger partial charge in [0.2, 0.25) is 0 Å². The minimum absolute atomic E-state index is 0.0207. The lowest BCUT2D eigenvalue weighted by atomic mass is 10.1. The van der Waals surface area contributed by atoms with Gasteiger partial charge in [0.15, 0.2) is 14.4 Å². The molecule has 136 valence electrons. The van der Waals surface area contributed by atoms with Crippen LogP contribution >= 0.6 is 8.46 Å². The second kappa shape index (κ2) is 9.69. The van der Waals surface area contributed by atoms with Crippen LogP contribution < -0.4 is 0 Å². The van der Waals surface area contributed by atoms with E-state index in [0.29, 0.717) is 0 Å². The van der Waals surface area contributed by atoms with Gasteiger partial charge in [-0.3, -0.25) is 9.68 Å². The molecule has 0 aliphatic carbocycles. The van der Waals surface area contributed by atoms with Gasteiger partial charge in [0, 0.05) is 13.5 Å². The Labute approximate surface area is 140 Å². The Hall–Kier alpha value is -0.533. The average Bonchev–Trinajstić information content (AvgIpc) is 2.38. The van der Waals surface area contributed by atoms with Crippen LogP contribution in [0.15, 0.2) is 0 Å². The number of ketones is 1. The van der Waals surface area contributed by atoms with Crippen molar-refractivity contribution in [3.05, 3.63) is 0 Å². The highest BCUT2D eigenvalue weighted by Crippen LogP contribution is 2.38. The molecule has 0 aromatic rings. The molecule has 0 heterocycles. The van der Waals surface area contributed by atoms with Crippen molar-refractivity contribution in [1.82, 2.24) is 0 Å². The zero-order valence-electron chi connectivity index (χ0n) is 15.0. The van der Waals surface area contributed by atoms with Crippen molar-refractivity contribution in [3.8, 4) is 0 Å². The third-order valence-corrected chi connectivity index (χ3v) is 9.11. The van der Waals surface area contributed by atoms with Crippen LogP contribution in [0.4, 0.5) is 0 Å². The molecule has 0 saturated carbocycles. The van der Waals surface area contributed by atoms with Crippen molar-refractivity contribution in [2.24, 2.45) is 0 Å². The van der Waals surface area contributed by atoms with E-state index in [2.05, 4.69) is 30.5 Å². The van der Waals surface area contributed by atoms with Gasteiger partial charge in [-0.15, -0.1) is 0 Å². The summed E-state index contributed by atoms with van der Waals surface area (Å²) in [5.74, 6) is -0.994. The lowest BCUT2D eigenvalue weighted by Crippen LogP contribution is -2.50. The second-order valence-electron chi connectivity index (χ2n) is 6.76. The number of hydrogen-bond acceptors (Lipinski definition) is 7. The molecular weight excluding hydrogens is 339 g/mol. The van der Waals surface area contributed by atoms with Crippen molar-refractivity contribution in [1.29, 1.82) is 0 Å². The van der Waals surface area contributed by atoms with Crippen molar-refractivity contribution >= 4 is 28.5 Å². The molecule has 0 rings (SSSR count). The number of ether oxygens (including phenoxy) is 1. The Balaban J connectivity index is 5.40. The van der Waals surface area contributed by atoms with Gasteiger partial charge in [-0.1, -0.05) is 20.8 Å². The summed E-state index contributed by atoms with van der Waals surface area (Å²) in [5, 5.41) is -0.110. The predicted octanol–water partition coefficient (Wildman–Crippen LogP) is 2.21. The predicted molar refractivity (Wildman–Crippen MR) is 90.9 cm³/mol. The van der Waals surface area contributed by atoms with Gasteiger partial charge in [0.1, 0.15) is 5.78 Å². The molecule has 0 bridgehead atoms. The minimum Gasteiger partial charge on any atom is -0.410 e. The first-order chi connectivity index (χ1) is 10.5. The summed E-state index contributed by atoms with van der Waals surface area (Å²) < 4.78 is 22.1. The number of carbonyl (C=O) groups excluding carboxylic acids is 2. The molecule has 0 aliphatic rings. The first-order valence-electron chi connectivity index (χ1n) is 7.40. The van der Waals surface area contributed by atoms with Crippen LogP contribution in [0.3, 0.4) is 0 Å². The lowest BCUT2D eigenvalue weighted by molar-refractivity contribution is -0.265. The summed E-state index contributed by atoms with van der Waals surface area (Å²) in [4.78, 5) is 32.8. The Kier molecular flexibility index (Phi) is 9.46. The number of methoxy groups -OCH3 is 1. The Morgan fingerprint density at radius 3 is 2.13 bits per heavy atom. The molecule has 0 N–H and O–H groups in total. The Morgan fingerprint density at radius 1 is 1.17 bits per heavy atom. The van der Waals surface area contributed by atoms with E-state index in [9.17, 15) is 14.2 Å². The fraction of sp³-hybridized carbons (Fsp3) is 0.857. The van der Waals surface area contributed by atoms with Crippen LogP contribution in [-0.2, 0) is 33.1 Å². The normalized spacial score (nSPS) is 15.6. The van der Waals surface area contributed by atoms with Gasteiger partial charge >= 0.3 is 5.97 Å². The van der Waals surface area contributed by atoms with Gasteiger partial charge in [0.25, 0.3) is 0 Å². The van der Waals surface area contributed by atoms with Crippen LogP contribution in [0.2, 0.25) is 18.1 Å². The topological polar surface area (TPSA) is 88.1 Å². The van der Waals surface area contributed by atoms with Gasteiger partial charge in [-0.25, -0.2) is 4.79 Å². The Bertz CT molecular complexity index is 420. The zero-order valence-corrected chi connectivity index (χ0v) is 17.2. The molecule has 7 nitrogen and oxygen atoms in total. The summed E-state index contributed by atoms with van der Waals surface area (Å²) >= 11 is 0. The Morgan fingerprint density at radius 2 is 1.74 bits per heavy atom. The molecule has 0 radical (unpaired) electrons. The SMILES string of the molecule is COOC(=O)C(OC)[C@@H](CC(=O)C[PH2]=O)O[Si](C)(C)C(C)(C)C. The lowest BCUT2D eigenvalue weighted by Gasteiger charge is -2.40. The number of Topliss-reactive ketones (excluding diaryl/α,β-unsaturated/α-hetero) is 1. The minimum atomic E-state index is -2.26. The summed E-state index contributed by atoms with van der Waals surface area (Å²) in [6.07, 6.45) is -1.97. The van der Waals surface area contributed by atoms with Crippen molar-refractivity contribution in [3.63, 3.8) is 0 Å². The van der Waals surface area contributed by atoms with Crippen molar-refractivity contribution in [2.75, 3.05) is 20.4 Å². The first kappa shape index (κ1) is 22.5. The maximum Gasteiger partial charge on any atom is 0.373 e. The fourth-order valence-electron chi connectivity index (χ4n) is 1.70. The molecule has 0 aliphatic heterocycles. The molecule has 0 aromatic heterocycles. The van der Waals surface area contributed by atoms with Gasteiger partial charge < -0.3 is 13.7 Å². The first-order valence-corrected chi connectivity index (χ1v) is 11.6. The summed E-state index contributed by atoms with van der Waals surface area (Å²) in [6, 6.07) is 0. The van der Waals surface area contributed by atoms with Crippen LogP contribution in [0.5, 0.6) is 0 Å². The van der Waals surface area contributed by atoms with Gasteiger partial charge in [-0.05, 0) is 18.1 Å². The molecule has 23 heavy (non-hydrogen) atoms. The maximum absolute atomic E-state index is 12.0. The van der Waals surface area contributed by atoms with Crippen molar-refractivity contribution < 1.29 is 33.1 Å². The number of carbonyl (C=O) groups is 2. The van der Waals surface area contributed by atoms with E-state index in [-0.39, 0.29) is 23.4 Å². The van der Waals surface area contributed by atoms with Crippen LogP contribution in [-0.4, -0.2) is 52.7 Å². The van der Waals surface area contributed by atoms with E-state index < -0.39 is 35.0 Å². The number of rotatable bonds is 10. The molecule has 2 unspecified atom stereocenters. The van der Waals surface area contributed by atoms with Crippen LogP contribution in [0.1, 0.15) is 27.2 Å². The monoisotopic (exact) mass is 368 g/mol. The highest BCUT2D eigenvalue weighted by Gasteiger charge is 2.43. The molecular formula is C14H29O7PSi. The smallest absolute Gasteiger partial charge is 0.373 e.